The number of nitrogens with zero attached hydrogens (tertiary/aromatic N) is 4. The van der Waals surface area contributed by atoms with Gasteiger partial charge in [-0.05, 0) is 19.1 Å². The molecule has 0 bridgehead atoms. The molecule has 0 fully saturated rings. The SMILES string of the molecule is COCc1cc(C)nc(N/N=C/c2cc3c(cc2[N+](=O)[O-])OCO3)c1C#N. The second-order valence-corrected chi connectivity index (χ2v) is 5.58. The first-order chi connectivity index (χ1) is 13.0. The van der Waals surface area contributed by atoms with E-state index in [0.717, 1.165) is 0 Å². The lowest BCUT2D eigenvalue weighted by atomic mass is 10.1. The van der Waals surface area contributed by atoms with Gasteiger partial charge in [-0.25, -0.2) is 4.98 Å². The van der Waals surface area contributed by atoms with Crippen LogP contribution in [0, 0.1) is 28.4 Å². The van der Waals surface area contributed by atoms with Crippen LogP contribution < -0.4 is 14.9 Å². The van der Waals surface area contributed by atoms with E-state index < -0.39 is 4.92 Å². The second-order valence-electron chi connectivity index (χ2n) is 5.58. The number of pyridine rings is 1. The van der Waals surface area contributed by atoms with Gasteiger partial charge in [0.05, 0.1) is 29.4 Å². The number of rotatable bonds is 6. The van der Waals surface area contributed by atoms with Crippen molar-refractivity contribution in [1.29, 1.82) is 5.26 Å². The summed E-state index contributed by atoms with van der Waals surface area (Å²) in [6.45, 7) is 2.03. The van der Waals surface area contributed by atoms with Crippen molar-refractivity contribution in [2.75, 3.05) is 19.3 Å². The Hall–Kier alpha value is -3.71. The summed E-state index contributed by atoms with van der Waals surface area (Å²) in [5.74, 6) is 0.947. The highest BCUT2D eigenvalue weighted by atomic mass is 16.7. The lowest BCUT2D eigenvalue weighted by molar-refractivity contribution is -0.385. The molecule has 0 amide bonds. The number of anilines is 1. The smallest absolute Gasteiger partial charge is 0.282 e. The molecule has 2 aromatic rings. The van der Waals surface area contributed by atoms with Gasteiger partial charge in [-0.15, -0.1) is 0 Å². The zero-order valence-electron chi connectivity index (χ0n) is 14.6. The molecule has 1 N–H and O–H groups in total. The van der Waals surface area contributed by atoms with Gasteiger partial charge in [0.2, 0.25) is 6.79 Å². The fraction of sp³-hybridized carbons (Fsp3) is 0.235. The Labute approximate surface area is 154 Å². The molecule has 1 aromatic heterocycles. The molecule has 0 atom stereocenters. The van der Waals surface area contributed by atoms with Gasteiger partial charge in [-0.3, -0.25) is 15.5 Å². The molecule has 0 saturated heterocycles. The molecule has 0 saturated carbocycles. The molecule has 1 aliphatic heterocycles. The first kappa shape index (κ1) is 18.1. The molecule has 0 unspecified atom stereocenters. The number of aromatic nitrogens is 1. The number of nitriles is 1. The minimum atomic E-state index is -0.536. The van der Waals surface area contributed by atoms with Gasteiger partial charge in [0.25, 0.3) is 5.69 Å². The zero-order valence-corrected chi connectivity index (χ0v) is 14.6. The first-order valence-electron chi connectivity index (χ1n) is 7.80. The summed E-state index contributed by atoms with van der Waals surface area (Å²) < 4.78 is 15.5. The minimum Gasteiger partial charge on any atom is -0.454 e. The fourth-order valence-electron chi connectivity index (χ4n) is 2.59. The zero-order chi connectivity index (χ0) is 19.4. The number of hydrogen-bond acceptors (Lipinski definition) is 9. The molecule has 10 heteroatoms. The normalized spacial score (nSPS) is 12.2. The molecule has 27 heavy (non-hydrogen) atoms. The van der Waals surface area contributed by atoms with E-state index in [4.69, 9.17) is 14.2 Å². The number of ether oxygens (including phenoxy) is 3. The number of hydrogen-bond donors (Lipinski definition) is 1. The summed E-state index contributed by atoms with van der Waals surface area (Å²) in [5.41, 5.74) is 4.35. The topological polar surface area (TPSA) is 132 Å². The van der Waals surface area contributed by atoms with Gasteiger partial charge in [0.15, 0.2) is 17.3 Å². The van der Waals surface area contributed by atoms with E-state index in [1.54, 1.807) is 13.0 Å². The van der Waals surface area contributed by atoms with Crippen LogP contribution in [0.15, 0.2) is 23.3 Å². The van der Waals surface area contributed by atoms with Crippen LogP contribution in [0.5, 0.6) is 11.5 Å². The van der Waals surface area contributed by atoms with Crippen LogP contribution in [0.25, 0.3) is 0 Å². The number of hydrazone groups is 1. The number of nitrogens with one attached hydrogen (secondary N) is 1. The number of nitro groups is 1. The molecule has 3 rings (SSSR count). The Balaban J connectivity index is 1.91. The van der Waals surface area contributed by atoms with Crippen molar-refractivity contribution in [3.8, 4) is 17.6 Å². The summed E-state index contributed by atoms with van der Waals surface area (Å²) in [6, 6.07) is 6.57. The van der Waals surface area contributed by atoms with Crippen molar-refractivity contribution in [2.45, 2.75) is 13.5 Å². The van der Waals surface area contributed by atoms with Crippen molar-refractivity contribution in [3.63, 3.8) is 0 Å². The quantitative estimate of drug-likeness (QED) is 0.466. The Morgan fingerprint density at radius 2 is 2.19 bits per heavy atom. The van der Waals surface area contributed by atoms with Crippen LogP contribution >= 0.6 is 0 Å². The molecule has 2 heterocycles. The number of methoxy groups -OCH3 is 1. The van der Waals surface area contributed by atoms with E-state index in [0.29, 0.717) is 28.3 Å². The average Bonchev–Trinajstić information content (AvgIpc) is 3.08. The molecule has 138 valence electrons. The van der Waals surface area contributed by atoms with E-state index in [1.165, 1.54) is 25.5 Å². The summed E-state index contributed by atoms with van der Waals surface area (Å²) in [6.07, 6.45) is 1.27. The van der Waals surface area contributed by atoms with Crippen LogP contribution in [-0.2, 0) is 11.3 Å². The van der Waals surface area contributed by atoms with Crippen molar-refractivity contribution in [3.05, 3.63) is 50.7 Å². The van der Waals surface area contributed by atoms with E-state index in [9.17, 15) is 15.4 Å². The van der Waals surface area contributed by atoms with Crippen molar-refractivity contribution in [2.24, 2.45) is 5.10 Å². The molecule has 0 aliphatic carbocycles. The fourth-order valence-corrected chi connectivity index (χ4v) is 2.59. The standard InChI is InChI=1S/C17H15N5O5/c1-10-3-12(8-25-2)13(6-18)17(20-10)21-19-7-11-4-15-16(27-9-26-15)5-14(11)22(23)24/h3-5,7H,8-9H2,1-2H3,(H,20,21)/b19-7+. The molecule has 1 aromatic carbocycles. The minimum absolute atomic E-state index is 0.00630. The maximum atomic E-state index is 11.3. The van der Waals surface area contributed by atoms with Crippen molar-refractivity contribution < 1.29 is 19.1 Å². The maximum Gasteiger partial charge on any atom is 0.282 e. The third-order valence-electron chi connectivity index (χ3n) is 3.73. The molecule has 0 radical (unpaired) electrons. The van der Waals surface area contributed by atoms with Gasteiger partial charge in [0, 0.05) is 18.4 Å². The molecular weight excluding hydrogens is 354 g/mol. The van der Waals surface area contributed by atoms with Gasteiger partial charge < -0.3 is 14.2 Å². The Morgan fingerprint density at radius 3 is 2.85 bits per heavy atom. The van der Waals surface area contributed by atoms with E-state index in [1.807, 2.05) is 0 Å². The van der Waals surface area contributed by atoms with Crippen LogP contribution in [0.1, 0.15) is 22.4 Å². The van der Waals surface area contributed by atoms with Crippen molar-refractivity contribution >= 4 is 17.7 Å². The van der Waals surface area contributed by atoms with Gasteiger partial charge in [0.1, 0.15) is 11.6 Å². The number of fused-ring (bicyclic) bond motifs is 1. The summed E-state index contributed by atoms with van der Waals surface area (Å²) in [7, 11) is 1.53. The summed E-state index contributed by atoms with van der Waals surface area (Å²) in [4.78, 5) is 15.0. The Kier molecular flexibility index (Phi) is 5.14. The lowest BCUT2D eigenvalue weighted by Crippen LogP contribution is -2.04. The maximum absolute atomic E-state index is 11.3. The molecule has 10 nitrogen and oxygen atoms in total. The highest BCUT2D eigenvalue weighted by molar-refractivity contribution is 5.87. The summed E-state index contributed by atoms with van der Waals surface area (Å²) >= 11 is 0. The summed E-state index contributed by atoms with van der Waals surface area (Å²) in [5, 5.41) is 24.7. The average molecular weight is 369 g/mol. The van der Waals surface area contributed by atoms with Crippen LogP contribution in [0.3, 0.4) is 0 Å². The molecular formula is C17H15N5O5. The number of benzene rings is 1. The van der Waals surface area contributed by atoms with Gasteiger partial charge >= 0.3 is 0 Å². The van der Waals surface area contributed by atoms with E-state index in [-0.39, 0.29) is 30.5 Å². The predicted octanol–water partition coefficient (Wildman–Crippen LogP) is 2.49. The van der Waals surface area contributed by atoms with Gasteiger partial charge in [-0.2, -0.15) is 10.4 Å². The Morgan fingerprint density at radius 1 is 1.44 bits per heavy atom. The third-order valence-corrected chi connectivity index (χ3v) is 3.73. The van der Waals surface area contributed by atoms with Crippen LogP contribution in [0.2, 0.25) is 0 Å². The van der Waals surface area contributed by atoms with Gasteiger partial charge in [-0.1, -0.05) is 0 Å². The third kappa shape index (κ3) is 3.78. The highest BCUT2D eigenvalue weighted by Gasteiger charge is 2.22. The Bertz CT molecular complexity index is 967. The number of nitro benzene ring substituents is 1. The van der Waals surface area contributed by atoms with E-state index >= 15 is 0 Å². The first-order valence-corrected chi connectivity index (χ1v) is 7.80. The van der Waals surface area contributed by atoms with Crippen molar-refractivity contribution in [1.82, 2.24) is 4.98 Å². The molecule has 1 aliphatic rings. The number of aryl methyl sites for hydroxylation is 1. The van der Waals surface area contributed by atoms with E-state index in [2.05, 4.69) is 21.6 Å². The largest absolute Gasteiger partial charge is 0.454 e. The second kappa shape index (κ2) is 7.67. The lowest BCUT2D eigenvalue weighted by Gasteiger charge is -2.09. The predicted molar refractivity (Wildman–Crippen MR) is 94.8 cm³/mol. The monoisotopic (exact) mass is 369 g/mol. The van der Waals surface area contributed by atoms with Crippen LogP contribution in [0.4, 0.5) is 11.5 Å². The van der Waals surface area contributed by atoms with Crippen LogP contribution in [-0.4, -0.2) is 30.0 Å². The molecule has 0 spiro atoms. The highest BCUT2D eigenvalue weighted by Crippen LogP contribution is 2.37.